The van der Waals surface area contributed by atoms with Gasteiger partial charge in [0.05, 0.1) is 12.0 Å². The number of pyridine rings is 1. The van der Waals surface area contributed by atoms with Crippen molar-refractivity contribution in [2.75, 3.05) is 18.4 Å². The Kier molecular flexibility index (Phi) is 5.84. The Balaban J connectivity index is 1.16. The number of benzene rings is 2. The Morgan fingerprint density at radius 2 is 1.86 bits per heavy atom. The summed E-state index contributed by atoms with van der Waals surface area (Å²) in [6, 6.07) is 22.6. The third-order valence-corrected chi connectivity index (χ3v) is 6.80. The second-order valence-corrected chi connectivity index (χ2v) is 9.62. The number of likely N-dealkylation sites (tertiary alicyclic amines) is 1. The lowest BCUT2D eigenvalue weighted by molar-refractivity contribution is 0.0951. The van der Waals surface area contributed by atoms with Gasteiger partial charge in [0.15, 0.2) is 5.65 Å². The molecule has 180 valence electrons. The van der Waals surface area contributed by atoms with Gasteiger partial charge in [0.1, 0.15) is 0 Å². The number of aromatic nitrogens is 3. The molecule has 0 bridgehead atoms. The Labute approximate surface area is 209 Å². The van der Waals surface area contributed by atoms with E-state index in [-0.39, 0.29) is 11.8 Å². The fourth-order valence-corrected chi connectivity index (χ4v) is 4.64. The largest absolute Gasteiger partial charge is 0.349 e. The van der Waals surface area contributed by atoms with Crippen molar-refractivity contribution in [3.8, 4) is 17.2 Å². The summed E-state index contributed by atoms with van der Waals surface area (Å²) in [6.07, 6.45) is 4.98. The summed E-state index contributed by atoms with van der Waals surface area (Å²) in [4.78, 5) is 19.3. The highest BCUT2D eigenvalue weighted by Crippen LogP contribution is 2.26. The molecule has 8 nitrogen and oxygen atoms in total. The minimum atomic E-state index is -0.0302. The molecule has 0 unspecified atom stereocenters. The number of nitriles is 1. The molecule has 1 aliphatic heterocycles. The number of carbonyl (C=O) groups is 1. The molecule has 6 rings (SSSR count). The average molecular weight is 478 g/mol. The Morgan fingerprint density at radius 1 is 1.06 bits per heavy atom. The molecular weight excluding hydrogens is 450 g/mol. The van der Waals surface area contributed by atoms with E-state index >= 15 is 0 Å². The number of nitrogens with one attached hydrogen (secondary N) is 2. The molecule has 4 aromatic rings. The van der Waals surface area contributed by atoms with Gasteiger partial charge in [-0.15, -0.1) is 5.10 Å². The van der Waals surface area contributed by atoms with Crippen LogP contribution in [0.2, 0.25) is 0 Å². The molecule has 2 aliphatic rings. The quantitative estimate of drug-likeness (QED) is 0.410. The van der Waals surface area contributed by atoms with Gasteiger partial charge in [-0.1, -0.05) is 24.3 Å². The van der Waals surface area contributed by atoms with Crippen molar-refractivity contribution >= 4 is 23.2 Å². The van der Waals surface area contributed by atoms with Crippen LogP contribution in [0.3, 0.4) is 0 Å². The lowest BCUT2D eigenvalue weighted by atomic mass is 10.0. The molecule has 1 aliphatic carbocycles. The first-order chi connectivity index (χ1) is 17.6. The molecule has 0 radical (unpaired) electrons. The summed E-state index contributed by atoms with van der Waals surface area (Å²) >= 11 is 0. The molecule has 1 saturated carbocycles. The average Bonchev–Trinajstić information content (AvgIpc) is 3.43. The van der Waals surface area contributed by atoms with Crippen molar-refractivity contribution in [1.29, 1.82) is 5.26 Å². The van der Waals surface area contributed by atoms with Gasteiger partial charge in [0, 0.05) is 42.1 Å². The molecule has 1 saturated heterocycles. The second kappa shape index (κ2) is 9.44. The molecule has 2 aromatic carbocycles. The van der Waals surface area contributed by atoms with Crippen molar-refractivity contribution in [3.05, 3.63) is 78.0 Å². The normalized spacial score (nSPS) is 17.7. The van der Waals surface area contributed by atoms with Crippen molar-refractivity contribution < 1.29 is 4.79 Å². The van der Waals surface area contributed by atoms with Crippen LogP contribution in [0.15, 0.2) is 66.9 Å². The summed E-state index contributed by atoms with van der Waals surface area (Å²) < 4.78 is 1.77. The summed E-state index contributed by atoms with van der Waals surface area (Å²) in [7, 11) is 0. The zero-order valence-corrected chi connectivity index (χ0v) is 19.9. The van der Waals surface area contributed by atoms with Crippen LogP contribution in [0.4, 0.5) is 11.6 Å². The monoisotopic (exact) mass is 477 g/mol. The summed E-state index contributed by atoms with van der Waals surface area (Å²) in [5.41, 5.74) is 5.55. The zero-order chi connectivity index (χ0) is 24.5. The van der Waals surface area contributed by atoms with Gasteiger partial charge in [-0.25, -0.2) is 4.52 Å². The molecule has 0 spiro atoms. The minimum Gasteiger partial charge on any atom is -0.349 e. The summed E-state index contributed by atoms with van der Waals surface area (Å²) in [6.45, 7) is 2.69. The number of amides is 1. The van der Waals surface area contributed by atoms with Crippen LogP contribution in [0.25, 0.3) is 16.8 Å². The maximum Gasteiger partial charge on any atom is 0.251 e. The fraction of sp³-hybridized carbons (Fsp3) is 0.286. The van der Waals surface area contributed by atoms with Crippen LogP contribution in [0.5, 0.6) is 0 Å². The third kappa shape index (κ3) is 4.79. The highest BCUT2D eigenvalue weighted by atomic mass is 16.1. The molecule has 1 amide bonds. The number of hydrogen-bond acceptors (Lipinski definition) is 6. The van der Waals surface area contributed by atoms with Gasteiger partial charge in [-0.05, 0) is 73.3 Å². The van der Waals surface area contributed by atoms with Crippen LogP contribution in [0, 0.1) is 17.2 Å². The van der Waals surface area contributed by atoms with E-state index in [9.17, 15) is 4.79 Å². The smallest absolute Gasteiger partial charge is 0.251 e. The van der Waals surface area contributed by atoms with Gasteiger partial charge >= 0.3 is 0 Å². The van der Waals surface area contributed by atoms with E-state index in [2.05, 4.69) is 51.0 Å². The molecule has 2 aromatic heterocycles. The molecule has 3 heterocycles. The number of rotatable bonds is 7. The Hall–Kier alpha value is -4.22. The van der Waals surface area contributed by atoms with Gasteiger partial charge in [-0.2, -0.15) is 10.2 Å². The van der Waals surface area contributed by atoms with E-state index in [4.69, 9.17) is 10.2 Å². The van der Waals surface area contributed by atoms with E-state index in [1.165, 1.54) is 5.56 Å². The topological polar surface area (TPSA) is 98.4 Å². The van der Waals surface area contributed by atoms with Crippen LogP contribution in [-0.2, 0) is 6.54 Å². The molecule has 36 heavy (non-hydrogen) atoms. The molecule has 2 N–H and O–H groups in total. The summed E-state index contributed by atoms with van der Waals surface area (Å²) in [5, 5.41) is 20.0. The first-order valence-electron chi connectivity index (χ1n) is 12.4. The predicted molar refractivity (Wildman–Crippen MR) is 138 cm³/mol. The molecule has 8 heteroatoms. The van der Waals surface area contributed by atoms with Crippen LogP contribution in [-0.4, -0.2) is 44.5 Å². The highest BCUT2D eigenvalue weighted by molar-refractivity contribution is 5.95. The van der Waals surface area contributed by atoms with Crippen LogP contribution in [0.1, 0.15) is 35.2 Å². The Morgan fingerprint density at radius 3 is 2.58 bits per heavy atom. The van der Waals surface area contributed by atoms with Gasteiger partial charge in [0.2, 0.25) is 5.95 Å². The van der Waals surface area contributed by atoms with Gasteiger partial charge in [-0.3, -0.25) is 9.69 Å². The van der Waals surface area contributed by atoms with Crippen LogP contribution < -0.4 is 10.6 Å². The number of carbonyl (C=O) groups excluding carboxylic acids is 1. The summed E-state index contributed by atoms with van der Waals surface area (Å²) in [5.74, 6) is 0.620. The van der Waals surface area contributed by atoms with Crippen molar-refractivity contribution in [1.82, 2.24) is 24.8 Å². The first kappa shape index (κ1) is 22.3. The van der Waals surface area contributed by atoms with E-state index in [0.717, 1.165) is 61.4 Å². The molecular formula is C28H27N7O. The van der Waals surface area contributed by atoms with Crippen LogP contribution >= 0.6 is 0 Å². The third-order valence-electron chi connectivity index (χ3n) is 6.80. The predicted octanol–water partition coefficient (Wildman–Crippen LogP) is 4.38. The maximum atomic E-state index is 12.2. The number of fused-ring (bicyclic) bond motifs is 1. The van der Waals surface area contributed by atoms with Crippen molar-refractivity contribution in [2.24, 2.45) is 5.92 Å². The standard InChI is InChI=1S/C28H27N7O/c29-16-20-13-15-34(18-20)17-19-3-5-21(6-4-19)25-2-1-14-35-26(25)32-28(33-35)31-24-9-7-22(8-10-24)27(36)30-23-11-12-23/h1-10,14,20,23H,11-13,15,17-18H2,(H,30,36)(H,31,33)/t20-/m0/s1. The first-order valence-corrected chi connectivity index (χ1v) is 12.4. The second-order valence-electron chi connectivity index (χ2n) is 9.62. The fourth-order valence-electron chi connectivity index (χ4n) is 4.64. The number of nitrogens with zero attached hydrogens (tertiary/aromatic N) is 5. The van der Waals surface area contributed by atoms with E-state index in [1.54, 1.807) is 4.52 Å². The molecule has 1 atom stereocenters. The molecule has 2 fully saturated rings. The lowest BCUT2D eigenvalue weighted by Crippen LogP contribution is -2.25. The number of anilines is 2. The highest BCUT2D eigenvalue weighted by Gasteiger charge is 2.24. The van der Waals surface area contributed by atoms with Gasteiger partial charge < -0.3 is 10.6 Å². The van der Waals surface area contributed by atoms with E-state index in [0.29, 0.717) is 17.6 Å². The lowest BCUT2D eigenvalue weighted by Gasteiger charge is -2.15. The zero-order valence-electron chi connectivity index (χ0n) is 19.9. The SMILES string of the molecule is N#C[C@@H]1CCN(Cc2ccc(-c3cccn4nc(Nc5ccc(C(=O)NC6CC6)cc5)nc34)cc2)C1. The van der Waals surface area contributed by atoms with Crippen molar-refractivity contribution in [2.45, 2.75) is 31.8 Å². The van der Waals surface area contributed by atoms with E-state index in [1.807, 2.05) is 42.6 Å². The Bertz CT molecular complexity index is 1430. The number of hydrogen-bond donors (Lipinski definition) is 2. The minimum absolute atomic E-state index is 0.0302. The van der Waals surface area contributed by atoms with E-state index < -0.39 is 0 Å². The maximum absolute atomic E-state index is 12.2. The van der Waals surface area contributed by atoms with Crippen molar-refractivity contribution in [3.63, 3.8) is 0 Å². The van der Waals surface area contributed by atoms with Gasteiger partial charge in [0.25, 0.3) is 5.91 Å².